The molecule has 42 heavy (non-hydrogen) atoms. The summed E-state index contributed by atoms with van der Waals surface area (Å²) >= 11 is 0. The van der Waals surface area contributed by atoms with Gasteiger partial charge in [0.15, 0.2) is 11.5 Å². The van der Waals surface area contributed by atoms with Gasteiger partial charge in [-0.15, -0.1) is 6.42 Å². The number of ether oxygens (including phenoxy) is 1. The summed E-state index contributed by atoms with van der Waals surface area (Å²) in [5, 5.41) is 16.0. The zero-order chi connectivity index (χ0) is 28.4. The van der Waals surface area contributed by atoms with Crippen LogP contribution in [0.3, 0.4) is 0 Å². The third-order valence-corrected chi connectivity index (χ3v) is 9.65. The normalized spacial score (nSPS) is 23.0. The number of aromatic hydroxyl groups is 1. The van der Waals surface area contributed by atoms with Gasteiger partial charge in [-0.3, -0.25) is 4.90 Å². The van der Waals surface area contributed by atoms with Crippen molar-refractivity contribution >= 4 is 27.6 Å². The summed E-state index contributed by atoms with van der Waals surface area (Å²) in [6.45, 7) is 4.45. The molecule has 2 unspecified atom stereocenters. The highest BCUT2D eigenvalue weighted by Gasteiger charge is 2.45. The van der Waals surface area contributed by atoms with E-state index in [1.54, 1.807) is 18.3 Å². The Bertz CT molecular complexity index is 1750. The average Bonchev–Trinajstić information content (AvgIpc) is 3.68. The van der Waals surface area contributed by atoms with Crippen molar-refractivity contribution in [3.05, 3.63) is 41.8 Å². The van der Waals surface area contributed by atoms with Crippen LogP contribution in [0.25, 0.3) is 33.2 Å². The Morgan fingerprint density at radius 1 is 1.10 bits per heavy atom. The molecule has 0 radical (unpaired) electrons. The predicted octanol–water partition coefficient (Wildman–Crippen LogP) is 4.01. The first-order valence-corrected chi connectivity index (χ1v) is 14.9. The minimum atomic E-state index is -0.515. The number of terminal acetylenes is 1. The molecule has 2 N–H and O–H groups in total. The van der Waals surface area contributed by atoms with E-state index in [9.17, 15) is 9.50 Å². The standard InChI is InChI=1S/C32H32FN7O2/c1-2-23-26(33)8-5-19-13-22(41)14-24(27(19)23)28-34-15-25-29(36-28)37-31(42-18-32-9-3-11-40(32)12-4-10-32)38-30(25)39-16-20-6-7-21(17-39)35-20/h1,5,8,13-15,20-21,35,41H,3-4,6-7,9-12,16-18H2. The van der Waals surface area contributed by atoms with Crippen molar-refractivity contribution in [3.63, 3.8) is 0 Å². The Balaban J connectivity index is 1.25. The third kappa shape index (κ3) is 4.14. The fraction of sp³-hybridized carbons (Fsp3) is 0.438. The van der Waals surface area contributed by atoms with Crippen LogP contribution in [0.1, 0.15) is 44.1 Å². The van der Waals surface area contributed by atoms with Crippen molar-refractivity contribution in [1.29, 1.82) is 0 Å². The lowest BCUT2D eigenvalue weighted by molar-refractivity contribution is 0.108. The highest BCUT2D eigenvalue weighted by Crippen LogP contribution is 2.40. The van der Waals surface area contributed by atoms with Gasteiger partial charge >= 0.3 is 6.01 Å². The van der Waals surface area contributed by atoms with E-state index in [-0.39, 0.29) is 22.7 Å². The van der Waals surface area contributed by atoms with Crippen molar-refractivity contribution in [1.82, 2.24) is 30.2 Å². The van der Waals surface area contributed by atoms with E-state index < -0.39 is 5.82 Å². The molecule has 4 aliphatic heterocycles. The highest BCUT2D eigenvalue weighted by atomic mass is 19.1. The number of fused-ring (bicyclic) bond motifs is 5. The number of aromatic nitrogens is 4. The summed E-state index contributed by atoms with van der Waals surface area (Å²) in [7, 11) is 0. The molecular weight excluding hydrogens is 533 g/mol. The van der Waals surface area contributed by atoms with E-state index in [1.807, 2.05) is 0 Å². The van der Waals surface area contributed by atoms with Crippen molar-refractivity contribution in [2.24, 2.45) is 0 Å². The summed E-state index contributed by atoms with van der Waals surface area (Å²) in [5.74, 6) is 3.02. The molecule has 4 saturated heterocycles. The molecule has 0 aliphatic carbocycles. The maximum Gasteiger partial charge on any atom is 0.320 e. The van der Waals surface area contributed by atoms with Crippen LogP contribution in [0.4, 0.5) is 10.2 Å². The van der Waals surface area contributed by atoms with Gasteiger partial charge in [0.05, 0.1) is 16.5 Å². The molecule has 0 amide bonds. The van der Waals surface area contributed by atoms with Crippen LogP contribution in [0, 0.1) is 18.2 Å². The van der Waals surface area contributed by atoms with Gasteiger partial charge in [0, 0.05) is 42.3 Å². The molecule has 2 atom stereocenters. The molecule has 4 aliphatic rings. The van der Waals surface area contributed by atoms with E-state index >= 15 is 0 Å². The number of hydrogen-bond acceptors (Lipinski definition) is 9. The molecule has 6 heterocycles. The van der Waals surface area contributed by atoms with Gasteiger partial charge in [0.25, 0.3) is 0 Å². The summed E-state index contributed by atoms with van der Waals surface area (Å²) in [4.78, 5) is 24.1. The Kier molecular flexibility index (Phi) is 5.95. The average molecular weight is 566 g/mol. The Morgan fingerprint density at radius 3 is 2.64 bits per heavy atom. The lowest BCUT2D eigenvalue weighted by atomic mass is 9.95. The Morgan fingerprint density at radius 2 is 1.88 bits per heavy atom. The van der Waals surface area contributed by atoms with Crippen molar-refractivity contribution in [2.45, 2.75) is 56.1 Å². The number of benzene rings is 2. The second-order valence-electron chi connectivity index (χ2n) is 12.2. The fourth-order valence-corrected chi connectivity index (χ4v) is 7.69. The van der Waals surface area contributed by atoms with E-state index in [1.165, 1.54) is 25.0 Å². The van der Waals surface area contributed by atoms with Crippen LogP contribution in [0.2, 0.25) is 0 Å². The number of nitrogens with one attached hydrogen (secondary N) is 1. The number of phenols is 1. The third-order valence-electron chi connectivity index (χ3n) is 9.65. The summed E-state index contributed by atoms with van der Waals surface area (Å²) in [5.41, 5.74) is 1.04. The minimum Gasteiger partial charge on any atom is -0.508 e. The van der Waals surface area contributed by atoms with Crippen molar-refractivity contribution < 1.29 is 14.2 Å². The van der Waals surface area contributed by atoms with Crippen molar-refractivity contribution in [3.8, 4) is 35.5 Å². The maximum atomic E-state index is 14.8. The van der Waals surface area contributed by atoms with Crippen molar-refractivity contribution in [2.75, 3.05) is 37.7 Å². The van der Waals surface area contributed by atoms with Gasteiger partial charge in [-0.1, -0.05) is 12.0 Å². The smallest absolute Gasteiger partial charge is 0.320 e. The van der Waals surface area contributed by atoms with E-state index in [0.29, 0.717) is 46.7 Å². The molecular formula is C32H32FN7O2. The monoisotopic (exact) mass is 565 g/mol. The number of phenolic OH excluding ortho intramolecular Hbond substituents is 1. The molecule has 9 nitrogen and oxygen atoms in total. The first-order valence-electron chi connectivity index (χ1n) is 14.9. The quantitative estimate of drug-likeness (QED) is 0.348. The molecule has 8 rings (SSSR count). The van der Waals surface area contributed by atoms with Crippen LogP contribution < -0.4 is 15.0 Å². The zero-order valence-electron chi connectivity index (χ0n) is 23.3. The lowest BCUT2D eigenvalue weighted by Gasteiger charge is -2.34. The number of anilines is 1. The second kappa shape index (κ2) is 9.75. The number of rotatable bonds is 5. The van der Waals surface area contributed by atoms with Crippen LogP contribution in [-0.2, 0) is 0 Å². The SMILES string of the molecule is C#Cc1c(F)ccc2cc(O)cc(-c3ncc4c(N5CC6CCC(C5)N6)nc(OCC56CCCN5CCC6)nc4n3)c12. The molecule has 2 aromatic carbocycles. The van der Waals surface area contributed by atoms with Gasteiger partial charge in [-0.05, 0) is 75.2 Å². The highest BCUT2D eigenvalue weighted by molar-refractivity contribution is 6.01. The summed E-state index contributed by atoms with van der Waals surface area (Å²) in [6, 6.07) is 7.11. The van der Waals surface area contributed by atoms with Crippen LogP contribution >= 0.6 is 0 Å². The number of hydrogen-bond donors (Lipinski definition) is 2. The van der Waals surface area contributed by atoms with Gasteiger partial charge in [-0.25, -0.2) is 14.4 Å². The van der Waals surface area contributed by atoms with E-state index in [4.69, 9.17) is 26.1 Å². The fourth-order valence-electron chi connectivity index (χ4n) is 7.69. The molecule has 4 aromatic rings. The first-order chi connectivity index (χ1) is 20.5. The van der Waals surface area contributed by atoms with Crippen LogP contribution in [-0.4, -0.2) is 80.4 Å². The van der Waals surface area contributed by atoms with Gasteiger partial charge < -0.3 is 20.1 Å². The molecule has 2 aromatic heterocycles. The minimum absolute atomic E-state index is 0.0106. The summed E-state index contributed by atoms with van der Waals surface area (Å²) < 4.78 is 21.2. The van der Waals surface area contributed by atoms with Crippen LogP contribution in [0.5, 0.6) is 11.8 Å². The predicted molar refractivity (Wildman–Crippen MR) is 158 cm³/mol. The van der Waals surface area contributed by atoms with Crippen LogP contribution in [0.15, 0.2) is 30.5 Å². The van der Waals surface area contributed by atoms with E-state index in [0.717, 1.165) is 63.1 Å². The molecule has 2 bridgehead atoms. The topological polar surface area (TPSA) is 99.5 Å². The number of nitrogens with zero attached hydrogens (tertiary/aromatic N) is 6. The molecule has 10 heteroatoms. The number of halogens is 1. The maximum absolute atomic E-state index is 14.8. The lowest BCUT2D eigenvalue weighted by Crippen LogP contribution is -2.51. The first kappa shape index (κ1) is 25.6. The molecule has 4 fully saturated rings. The molecule has 0 spiro atoms. The Hall–Kier alpha value is -4.07. The van der Waals surface area contributed by atoms with Gasteiger partial charge in [0.1, 0.15) is 24.0 Å². The molecule has 0 saturated carbocycles. The molecule has 214 valence electrons. The zero-order valence-corrected chi connectivity index (χ0v) is 23.3. The Labute approximate surface area is 243 Å². The van der Waals surface area contributed by atoms with Gasteiger partial charge in [0.2, 0.25) is 0 Å². The largest absolute Gasteiger partial charge is 0.508 e. The van der Waals surface area contributed by atoms with E-state index in [2.05, 4.69) is 26.0 Å². The second-order valence-corrected chi connectivity index (χ2v) is 12.2. The number of piperazine rings is 1. The van der Waals surface area contributed by atoms with Gasteiger partial charge in [-0.2, -0.15) is 9.97 Å². The summed E-state index contributed by atoms with van der Waals surface area (Å²) in [6.07, 6.45) is 14.4.